The molecular weight excluding hydrogens is 282 g/mol. The van der Waals surface area contributed by atoms with Gasteiger partial charge in [-0.15, -0.1) is 0 Å². The van der Waals surface area contributed by atoms with Crippen molar-refractivity contribution in [3.8, 4) is 0 Å². The number of aliphatic hydroxyl groups is 1. The molecule has 0 aliphatic carbocycles. The fourth-order valence-electron chi connectivity index (χ4n) is 0.997. The summed E-state index contributed by atoms with van der Waals surface area (Å²) in [5.41, 5.74) is 0.324. The molecule has 7 heteroatoms. The molecule has 0 aliphatic heterocycles. The number of furan rings is 1. The first-order valence-corrected chi connectivity index (χ1v) is 5.23. The highest BCUT2D eigenvalue weighted by Crippen LogP contribution is 2.16. The fourth-order valence-corrected chi connectivity index (χ4v) is 1.42. The van der Waals surface area contributed by atoms with E-state index < -0.39 is 18.0 Å². The summed E-state index contributed by atoms with van der Waals surface area (Å²) in [7, 11) is 0. The minimum atomic E-state index is -1.46. The van der Waals surface area contributed by atoms with Gasteiger partial charge in [-0.25, -0.2) is 4.79 Å². The number of carboxylic acids is 1. The number of aliphatic carboxylic acids is 1. The van der Waals surface area contributed by atoms with E-state index in [1.807, 2.05) is 0 Å². The molecule has 0 spiro atoms. The lowest BCUT2D eigenvalue weighted by Gasteiger charge is -2.06. The van der Waals surface area contributed by atoms with Gasteiger partial charge >= 0.3 is 5.97 Å². The molecule has 6 nitrogen and oxygen atoms in total. The van der Waals surface area contributed by atoms with Gasteiger partial charge in [0.15, 0.2) is 10.8 Å². The quantitative estimate of drug-likeness (QED) is 0.738. The van der Waals surface area contributed by atoms with Gasteiger partial charge in [0.2, 0.25) is 0 Å². The second kappa shape index (κ2) is 5.66. The molecule has 1 unspecified atom stereocenters. The van der Waals surface area contributed by atoms with Gasteiger partial charge in [-0.3, -0.25) is 4.79 Å². The maximum absolute atomic E-state index is 11.4. The van der Waals surface area contributed by atoms with E-state index in [1.54, 1.807) is 0 Å². The highest BCUT2D eigenvalue weighted by atomic mass is 79.9. The van der Waals surface area contributed by atoms with Crippen molar-refractivity contribution in [3.63, 3.8) is 0 Å². The van der Waals surface area contributed by atoms with E-state index in [0.717, 1.165) is 0 Å². The summed E-state index contributed by atoms with van der Waals surface area (Å²) in [6.07, 6.45) is -0.158. The summed E-state index contributed by atoms with van der Waals surface area (Å²) < 4.78 is 5.17. The topological polar surface area (TPSA) is 99.8 Å². The van der Waals surface area contributed by atoms with Crippen LogP contribution < -0.4 is 5.32 Å². The summed E-state index contributed by atoms with van der Waals surface area (Å²) in [5.74, 6) is -1.70. The Hall–Kier alpha value is -1.34. The predicted molar refractivity (Wildman–Crippen MR) is 57.0 cm³/mol. The third-order valence-electron chi connectivity index (χ3n) is 1.85. The summed E-state index contributed by atoms with van der Waals surface area (Å²) in [6.45, 7) is 0.0733. The van der Waals surface area contributed by atoms with Crippen LogP contribution in [-0.2, 0) is 4.79 Å². The van der Waals surface area contributed by atoms with Gasteiger partial charge in [0.05, 0.1) is 11.8 Å². The van der Waals surface area contributed by atoms with Crippen LogP contribution in [0.2, 0.25) is 0 Å². The summed E-state index contributed by atoms with van der Waals surface area (Å²) in [5, 5.41) is 19.8. The Morgan fingerprint density at radius 2 is 2.25 bits per heavy atom. The molecule has 1 atom stereocenters. The number of amides is 1. The molecule has 1 amide bonds. The first kappa shape index (κ1) is 12.7. The lowest BCUT2D eigenvalue weighted by molar-refractivity contribution is -0.146. The number of carboxylic acid groups (broad SMARTS) is 1. The molecule has 0 radical (unpaired) electrons. The molecule has 0 saturated carbocycles. The molecular formula is C9H10BrNO5. The molecule has 1 rings (SSSR count). The average Bonchev–Trinajstić information content (AvgIpc) is 2.64. The van der Waals surface area contributed by atoms with E-state index in [9.17, 15) is 9.59 Å². The molecule has 1 aromatic heterocycles. The normalized spacial score (nSPS) is 12.1. The fraction of sp³-hybridized carbons (Fsp3) is 0.333. The first-order chi connectivity index (χ1) is 7.52. The SMILES string of the molecule is O=C(NCCC(O)C(=O)O)c1ccoc1Br. The Labute approximate surface area is 99.4 Å². The Balaban J connectivity index is 2.37. The lowest BCUT2D eigenvalue weighted by atomic mass is 10.2. The monoisotopic (exact) mass is 291 g/mol. The van der Waals surface area contributed by atoms with E-state index in [-0.39, 0.29) is 13.0 Å². The Bertz CT molecular complexity index is 389. The van der Waals surface area contributed by atoms with E-state index in [2.05, 4.69) is 21.2 Å². The molecule has 3 N–H and O–H groups in total. The molecule has 0 aliphatic rings. The van der Waals surface area contributed by atoms with Gasteiger partial charge in [0.25, 0.3) is 5.91 Å². The minimum absolute atomic E-state index is 0.0451. The zero-order valence-corrected chi connectivity index (χ0v) is 9.73. The predicted octanol–water partition coefficient (Wildman–Crippen LogP) is 0.607. The second-order valence-electron chi connectivity index (χ2n) is 3.01. The molecule has 1 heterocycles. The lowest BCUT2D eigenvalue weighted by Crippen LogP contribution is -2.29. The standard InChI is InChI=1S/C9H10BrNO5/c10-7-5(2-4-16-7)8(13)11-3-1-6(12)9(14)15/h2,4,6,12H,1,3H2,(H,11,13)(H,14,15). The van der Waals surface area contributed by atoms with Crippen molar-refractivity contribution < 1.29 is 24.2 Å². The Kier molecular flexibility index (Phi) is 4.51. The van der Waals surface area contributed by atoms with Crippen molar-refractivity contribution in [1.29, 1.82) is 0 Å². The maximum atomic E-state index is 11.4. The average molecular weight is 292 g/mol. The number of hydrogen-bond acceptors (Lipinski definition) is 4. The van der Waals surface area contributed by atoms with Gasteiger partial charge in [-0.1, -0.05) is 0 Å². The van der Waals surface area contributed by atoms with Crippen molar-refractivity contribution in [2.75, 3.05) is 6.54 Å². The van der Waals surface area contributed by atoms with Crippen LogP contribution in [0, 0.1) is 0 Å². The second-order valence-corrected chi connectivity index (χ2v) is 3.73. The van der Waals surface area contributed by atoms with E-state index in [4.69, 9.17) is 14.6 Å². The van der Waals surface area contributed by atoms with Crippen LogP contribution in [0.1, 0.15) is 16.8 Å². The number of halogens is 1. The van der Waals surface area contributed by atoms with Gasteiger partial charge in [-0.05, 0) is 22.0 Å². The number of carbonyl (C=O) groups excluding carboxylic acids is 1. The highest BCUT2D eigenvalue weighted by molar-refractivity contribution is 9.10. The first-order valence-electron chi connectivity index (χ1n) is 4.44. The summed E-state index contributed by atoms with van der Waals surface area (Å²) in [6, 6.07) is 1.48. The maximum Gasteiger partial charge on any atom is 0.332 e. The van der Waals surface area contributed by atoms with Crippen molar-refractivity contribution in [2.24, 2.45) is 0 Å². The van der Waals surface area contributed by atoms with Crippen LogP contribution in [0.4, 0.5) is 0 Å². The van der Waals surface area contributed by atoms with E-state index in [0.29, 0.717) is 10.2 Å². The molecule has 0 bridgehead atoms. The third-order valence-corrected chi connectivity index (χ3v) is 2.47. The van der Waals surface area contributed by atoms with Crippen LogP contribution in [0.3, 0.4) is 0 Å². The van der Waals surface area contributed by atoms with Gasteiger partial charge < -0.3 is 19.9 Å². The summed E-state index contributed by atoms with van der Waals surface area (Å²) in [4.78, 5) is 21.7. The van der Waals surface area contributed by atoms with Crippen molar-refractivity contribution in [2.45, 2.75) is 12.5 Å². The number of rotatable bonds is 5. The summed E-state index contributed by atoms with van der Waals surface area (Å²) >= 11 is 3.04. The number of nitrogens with one attached hydrogen (secondary N) is 1. The molecule has 1 aromatic rings. The van der Waals surface area contributed by atoms with Crippen molar-refractivity contribution >= 4 is 27.8 Å². The van der Waals surface area contributed by atoms with Crippen LogP contribution in [-0.4, -0.2) is 34.7 Å². The van der Waals surface area contributed by atoms with Crippen molar-refractivity contribution in [3.05, 3.63) is 22.6 Å². The Morgan fingerprint density at radius 1 is 1.56 bits per heavy atom. The van der Waals surface area contributed by atoms with Gasteiger partial charge in [0.1, 0.15) is 0 Å². The van der Waals surface area contributed by atoms with Crippen LogP contribution in [0.15, 0.2) is 21.4 Å². The Morgan fingerprint density at radius 3 is 2.75 bits per heavy atom. The number of aliphatic hydroxyl groups excluding tert-OH is 1. The molecule has 16 heavy (non-hydrogen) atoms. The van der Waals surface area contributed by atoms with Crippen LogP contribution in [0.5, 0.6) is 0 Å². The van der Waals surface area contributed by atoms with Crippen LogP contribution in [0.25, 0.3) is 0 Å². The van der Waals surface area contributed by atoms with Gasteiger partial charge in [-0.2, -0.15) is 0 Å². The minimum Gasteiger partial charge on any atom is -0.479 e. The molecule has 88 valence electrons. The van der Waals surface area contributed by atoms with Crippen molar-refractivity contribution in [1.82, 2.24) is 5.32 Å². The number of carbonyl (C=O) groups is 2. The molecule has 0 saturated heterocycles. The smallest absolute Gasteiger partial charge is 0.332 e. The zero-order valence-electron chi connectivity index (χ0n) is 8.14. The van der Waals surface area contributed by atoms with E-state index in [1.165, 1.54) is 12.3 Å². The zero-order chi connectivity index (χ0) is 12.1. The van der Waals surface area contributed by atoms with E-state index >= 15 is 0 Å². The van der Waals surface area contributed by atoms with Crippen LogP contribution >= 0.6 is 15.9 Å². The largest absolute Gasteiger partial charge is 0.479 e. The molecule has 0 fully saturated rings. The highest BCUT2D eigenvalue weighted by Gasteiger charge is 2.15. The third kappa shape index (κ3) is 3.35. The van der Waals surface area contributed by atoms with Gasteiger partial charge in [0, 0.05) is 13.0 Å². The number of hydrogen-bond donors (Lipinski definition) is 3. The molecule has 0 aromatic carbocycles.